The van der Waals surface area contributed by atoms with Gasteiger partial charge >= 0.3 is 6.03 Å². The zero-order valence-electron chi connectivity index (χ0n) is 10.3. The van der Waals surface area contributed by atoms with Gasteiger partial charge in [-0.05, 0) is 25.0 Å². The number of hydrogen-bond donors (Lipinski definition) is 1. The van der Waals surface area contributed by atoms with Crippen LogP contribution in [0.2, 0.25) is 0 Å². The van der Waals surface area contributed by atoms with Crippen LogP contribution in [0.5, 0.6) is 0 Å². The summed E-state index contributed by atoms with van der Waals surface area (Å²) in [6.45, 7) is 3.22. The number of anilines is 1. The van der Waals surface area contributed by atoms with Gasteiger partial charge in [0.05, 0.1) is 12.6 Å². The molecule has 1 aromatic rings. The van der Waals surface area contributed by atoms with Crippen LogP contribution in [-0.4, -0.2) is 32.3 Å². The van der Waals surface area contributed by atoms with E-state index >= 15 is 0 Å². The molecule has 0 radical (unpaired) electrons. The van der Waals surface area contributed by atoms with Crippen LogP contribution in [0.1, 0.15) is 12.5 Å². The van der Waals surface area contributed by atoms with Crippen molar-refractivity contribution in [2.75, 3.05) is 25.2 Å². The lowest BCUT2D eigenvalue weighted by Crippen LogP contribution is -2.44. The molecular formula is C13H18N2O2. The Morgan fingerprint density at radius 3 is 3.06 bits per heavy atom. The van der Waals surface area contributed by atoms with E-state index < -0.39 is 0 Å². The van der Waals surface area contributed by atoms with Crippen molar-refractivity contribution in [1.29, 1.82) is 0 Å². The summed E-state index contributed by atoms with van der Waals surface area (Å²) in [6, 6.07) is 8.01. The number of nitrogens with one attached hydrogen (secondary N) is 1. The third kappa shape index (κ3) is 2.58. The molecule has 4 nitrogen and oxygen atoms in total. The van der Waals surface area contributed by atoms with E-state index in [0.717, 1.165) is 18.7 Å². The van der Waals surface area contributed by atoms with Crippen molar-refractivity contribution in [3.63, 3.8) is 0 Å². The largest absolute Gasteiger partial charge is 0.383 e. The van der Waals surface area contributed by atoms with Crippen LogP contribution in [0.25, 0.3) is 0 Å². The Kier molecular flexibility index (Phi) is 3.64. The Morgan fingerprint density at radius 1 is 1.53 bits per heavy atom. The standard InChI is InChI=1S/C13H18N2O2/c1-10(9-17-2)14-13(16)15-8-7-11-5-3-4-6-12(11)15/h3-6,10H,7-9H2,1-2H3,(H,14,16). The summed E-state index contributed by atoms with van der Waals surface area (Å²) in [6.07, 6.45) is 0.933. The Hall–Kier alpha value is -1.55. The number of rotatable bonds is 3. The number of carbonyl (C=O) groups excluding carboxylic acids is 1. The van der Waals surface area contributed by atoms with Gasteiger partial charge in [-0.2, -0.15) is 0 Å². The van der Waals surface area contributed by atoms with Crippen molar-refractivity contribution in [3.8, 4) is 0 Å². The van der Waals surface area contributed by atoms with Gasteiger partial charge < -0.3 is 10.1 Å². The van der Waals surface area contributed by atoms with E-state index in [0.29, 0.717) is 6.61 Å². The smallest absolute Gasteiger partial charge is 0.322 e. The fourth-order valence-electron chi connectivity index (χ4n) is 2.13. The number of hydrogen-bond acceptors (Lipinski definition) is 2. The van der Waals surface area contributed by atoms with Crippen LogP contribution in [0.4, 0.5) is 10.5 Å². The minimum atomic E-state index is -0.0421. The summed E-state index contributed by atoms with van der Waals surface area (Å²) < 4.78 is 5.00. The zero-order chi connectivity index (χ0) is 12.3. The van der Waals surface area contributed by atoms with E-state index in [1.807, 2.05) is 25.1 Å². The average molecular weight is 234 g/mol. The Morgan fingerprint density at radius 2 is 2.29 bits per heavy atom. The van der Waals surface area contributed by atoms with Gasteiger partial charge in [0.2, 0.25) is 0 Å². The number of fused-ring (bicyclic) bond motifs is 1. The highest BCUT2D eigenvalue weighted by Gasteiger charge is 2.24. The number of amides is 2. The second kappa shape index (κ2) is 5.19. The van der Waals surface area contributed by atoms with Crippen LogP contribution in [-0.2, 0) is 11.2 Å². The van der Waals surface area contributed by atoms with Gasteiger partial charge in [-0.1, -0.05) is 18.2 Å². The van der Waals surface area contributed by atoms with Gasteiger partial charge in [0.1, 0.15) is 0 Å². The maximum atomic E-state index is 12.1. The number of ether oxygens (including phenoxy) is 1. The minimum absolute atomic E-state index is 0.0280. The Balaban J connectivity index is 2.02. The highest BCUT2D eigenvalue weighted by Crippen LogP contribution is 2.27. The molecule has 0 saturated carbocycles. The molecule has 92 valence electrons. The fourth-order valence-corrected chi connectivity index (χ4v) is 2.13. The van der Waals surface area contributed by atoms with Crippen LogP contribution in [0.15, 0.2) is 24.3 Å². The molecule has 1 unspecified atom stereocenters. The molecule has 0 fully saturated rings. The summed E-state index contributed by atoms with van der Waals surface area (Å²) in [4.78, 5) is 13.8. The molecule has 2 amide bonds. The number of nitrogens with zero attached hydrogens (tertiary/aromatic N) is 1. The first-order valence-corrected chi connectivity index (χ1v) is 5.87. The van der Waals surface area contributed by atoms with Gasteiger partial charge in [-0.15, -0.1) is 0 Å². The average Bonchev–Trinajstić information content (AvgIpc) is 2.72. The van der Waals surface area contributed by atoms with E-state index in [2.05, 4.69) is 11.4 Å². The Labute approximate surface area is 102 Å². The lowest BCUT2D eigenvalue weighted by Gasteiger charge is -2.21. The molecule has 17 heavy (non-hydrogen) atoms. The topological polar surface area (TPSA) is 41.6 Å². The number of urea groups is 1. The summed E-state index contributed by atoms with van der Waals surface area (Å²) >= 11 is 0. The SMILES string of the molecule is COCC(C)NC(=O)N1CCc2ccccc21. The number of para-hydroxylation sites is 1. The molecule has 1 heterocycles. The second-order valence-corrected chi connectivity index (χ2v) is 4.34. The quantitative estimate of drug-likeness (QED) is 0.866. The highest BCUT2D eigenvalue weighted by atomic mass is 16.5. The van der Waals surface area contributed by atoms with Crippen molar-refractivity contribution in [2.45, 2.75) is 19.4 Å². The van der Waals surface area contributed by atoms with E-state index in [-0.39, 0.29) is 12.1 Å². The van der Waals surface area contributed by atoms with Gasteiger partial charge in [-0.3, -0.25) is 4.90 Å². The highest BCUT2D eigenvalue weighted by molar-refractivity contribution is 5.94. The number of carbonyl (C=O) groups is 1. The van der Waals surface area contributed by atoms with Crippen molar-refractivity contribution >= 4 is 11.7 Å². The van der Waals surface area contributed by atoms with E-state index in [4.69, 9.17) is 4.74 Å². The normalized spacial score (nSPS) is 15.5. The third-order valence-electron chi connectivity index (χ3n) is 2.92. The molecule has 1 aromatic carbocycles. The molecule has 1 atom stereocenters. The van der Waals surface area contributed by atoms with Crippen LogP contribution < -0.4 is 10.2 Å². The van der Waals surface area contributed by atoms with Gasteiger partial charge in [0, 0.05) is 19.3 Å². The van der Waals surface area contributed by atoms with Gasteiger partial charge in [-0.25, -0.2) is 4.79 Å². The molecule has 1 aliphatic rings. The molecule has 4 heteroatoms. The summed E-state index contributed by atoms with van der Waals surface area (Å²) in [5.41, 5.74) is 2.26. The molecule has 0 aromatic heterocycles. The predicted octanol–water partition coefficient (Wildman–Crippen LogP) is 1.79. The van der Waals surface area contributed by atoms with Crippen molar-refractivity contribution in [2.24, 2.45) is 0 Å². The fraction of sp³-hybridized carbons (Fsp3) is 0.462. The van der Waals surface area contributed by atoms with Crippen LogP contribution >= 0.6 is 0 Å². The van der Waals surface area contributed by atoms with Gasteiger partial charge in [0.15, 0.2) is 0 Å². The second-order valence-electron chi connectivity index (χ2n) is 4.34. The number of methoxy groups -OCH3 is 1. The van der Waals surface area contributed by atoms with E-state index in [1.165, 1.54) is 5.56 Å². The van der Waals surface area contributed by atoms with E-state index in [9.17, 15) is 4.79 Å². The third-order valence-corrected chi connectivity index (χ3v) is 2.92. The molecule has 0 aliphatic carbocycles. The minimum Gasteiger partial charge on any atom is -0.383 e. The van der Waals surface area contributed by atoms with Crippen molar-refractivity contribution in [1.82, 2.24) is 5.32 Å². The van der Waals surface area contributed by atoms with Gasteiger partial charge in [0.25, 0.3) is 0 Å². The summed E-state index contributed by atoms with van der Waals surface area (Å²) in [5.74, 6) is 0. The van der Waals surface area contributed by atoms with Crippen LogP contribution in [0.3, 0.4) is 0 Å². The summed E-state index contributed by atoms with van der Waals surface area (Å²) in [5, 5.41) is 2.93. The molecule has 0 saturated heterocycles. The number of benzene rings is 1. The zero-order valence-corrected chi connectivity index (χ0v) is 10.3. The first kappa shape index (κ1) is 11.9. The molecule has 1 aliphatic heterocycles. The van der Waals surface area contributed by atoms with E-state index in [1.54, 1.807) is 12.0 Å². The first-order chi connectivity index (χ1) is 8.22. The van der Waals surface area contributed by atoms with Crippen molar-refractivity contribution in [3.05, 3.63) is 29.8 Å². The maximum Gasteiger partial charge on any atom is 0.322 e. The molecule has 2 rings (SSSR count). The lowest BCUT2D eigenvalue weighted by atomic mass is 10.2. The molecule has 0 spiro atoms. The molecule has 0 bridgehead atoms. The monoisotopic (exact) mass is 234 g/mol. The van der Waals surface area contributed by atoms with Crippen molar-refractivity contribution < 1.29 is 9.53 Å². The maximum absolute atomic E-state index is 12.1. The molecule has 1 N–H and O–H groups in total. The summed E-state index contributed by atoms with van der Waals surface area (Å²) in [7, 11) is 1.63. The first-order valence-electron chi connectivity index (χ1n) is 5.87. The Bertz CT molecular complexity index is 406. The predicted molar refractivity (Wildman–Crippen MR) is 67.4 cm³/mol. The lowest BCUT2D eigenvalue weighted by molar-refractivity contribution is 0.172. The van der Waals surface area contributed by atoms with Crippen LogP contribution in [0, 0.1) is 0 Å². The molecular weight excluding hydrogens is 216 g/mol.